The van der Waals surface area contributed by atoms with E-state index in [0.717, 1.165) is 24.2 Å². The summed E-state index contributed by atoms with van der Waals surface area (Å²) in [7, 11) is 1.76. The third-order valence-electron chi connectivity index (χ3n) is 4.07. The van der Waals surface area contributed by atoms with Crippen LogP contribution in [0.4, 0.5) is 0 Å². The molecule has 10 heteroatoms. The van der Waals surface area contributed by atoms with Gasteiger partial charge in [0.15, 0.2) is 5.69 Å². The van der Waals surface area contributed by atoms with Crippen molar-refractivity contribution in [2.24, 2.45) is 0 Å². The number of aliphatic carboxylic acids is 2. The Morgan fingerprint density at radius 1 is 1.24 bits per heavy atom. The molecule has 3 N–H and O–H groups in total. The standard InChI is InChI=1S/C15H17ClN4O.C4H4O4/c1-20(9-7-11-4-2-3-8-17-11)15(21)14-12(16)13(18-19-14)10-5-6-10;5-3(6)1-2-4(7)8/h2-4,8,10H,5-7,9H2,1H3,(H,18,19);1-2H,(H,5,6)(H,7,8)/b;2-1+. The van der Waals surface area contributed by atoms with Gasteiger partial charge >= 0.3 is 11.9 Å². The van der Waals surface area contributed by atoms with E-state index >= 15 is 0 Å². The van der Waals surface area contributed by atoms with Gasteiger partial charge in [-0.2, -0.15) is 5.10 Å². The summed E-state index contributed by atoms with van der Waals surface area (Å²) >= 11 is 6.26. The van der Waals surface area contributed by atoms with E-state index in [2.05, 4.69) is 15.2 Å². The fourth-order valence-electron chi connectivity index (χ4n) is 2.38. The minimum Gasteiger partial charge on any atom is -0.478 e. The largest absolute Gasteiger partial charge is 0.478 e. The van der Waals surface area contributed by atoms with Crippen molar-refractivity contribution >= 4 is 29.4 Å². The molecule has 1 aliphatic rings. The first kappa shape index (κ1) is 22.1. The van der Waals surface area contributed by atoms with Crippen LogP contribution in [-0.4, -0.2) is 61.7 Å². The third kappa shape index (κ3) is 7.04. The number of carbonyl (C=O) groups excluding carboxylic acids is 1. The molecule has 154 valence electrons. The van der Waals surface area contributed by atoms with Gasteiger partial charge in [0, 0.05) is 50.0 Å². The number of nitrogens with one attached hydrogen (secondary N) is 1. The molecule has 1 amide bonds. The van der Waals surface area contributed by atoms with Gasteiger partial charge in [-0.25, -0.2) is 9.59 Å². The highest BCUT2D eigenvalue weighted by Gasteiger charge is 2.31. The van der Waals surface area contributed by atoms with Crippen molar-refractivity contribution < 1.29 is 24.6 Å². The number of hydrogen-bond donors (Lipinski definition) is 3. The van der Waals surface area contributed by atoms with E-state index in [1.807, 2.05) is 18.2 Å². The zero-order valence-corrected chi connectivity index (χ0v) is 16.5. The lowest BCUT2D eigenvalue weighted by molar-refractivity contribution is -0.134. The number of nitrogens with zero attached hydrogens (tertiary/aromatic N) is 3. The van der Waals surface area contributed by atoms with E-state index in [0.29, 0.717) is 41.8 Å². The molecule has 0 bridgehead atoms. The van der Waals surface area contributed by atoms with Gasteiger partial charge in [-0.3, -0.25) is 14.9 Å². The molecule has 0 aromatic carbocycles. The van der Waals surface area contributed by atoms with Crippen molar-refractivity contribution in [3.63, 3.8) is 0 Å². The normalized spacial score (nSPS) is 12.9. The van der Waals surface area contributed by atoms with Crippen molar-refractivity contribution in [3.8, 4) is 0 Å². The highest BCUT2D eigenvalue weighted by molar-refractivity contribution is 6.34. The fraction of sp³-hybridized carbons (Fsp3) is 0.316. The number of aromatic nitrogens is 3. The summed E-state index contributed by atoms with van der Waals surface area (Å²) in [6.45, 7) is 0.581. The van der Waals surface area contributed by atoms with Gasteiger partial charge in [0.25, 0.3) is 5.91 Å². The number of rotatable bonds is 7. The number of aromatic amines is 1. The minimum absolute atomic E-state index is 0.154. The Kier molecular flexibility index (Phi) is 7.90. The maximum atomic E-state index is 12.4. The second-order valence-electron chi connectivity index (χ2n) is 6.38. The molecular formula is C19H21ClN4O5. The number of carboxylic acid groups (broad SMARTS) is 2. The first-order valence-electron chi connectivity index (χ1n) is 8.82. The highest BCUT2D eigenvalue weighted by Crippen LogP contribution is 2.42. The lowest BCUT2D eigenvalue weighted by Gasteiger charge is -2.15. The van der Waals surface area contributed by atoms with Crippen molar-refractivity contribution in [2.45, 2.75) is 25.2 Å². The molecule has 0 atom stereocenters. The van der Waals surface area contributed by atoms with Crippen LogP contribution in [0.25, 0.3) is 0 Å². The number of carboxylic acids is 2. The second-order valence-corrected chi connectivity index (χ2v) is 6.76. The van der Waals surface area contributed by atoms with E-state index in [4.69, 9.17) is 21.8 Å². The number of H-pyrrole nitrogens is 1. The molecule has 0 aliphatic heterocycles. The third-order valence-corrected chi connectivity index (χ3v) is 4.45. The Morgan fingerprint density at radius 3 is 2.41 bits per heavy atom. The monoisotopic (exact) mass is 420 g/mol. The zero-order chi connectivity index (χ0) is 21.4. The van der Waals surface area contributed by atoms with E-state index in [-0.39, 0.29) is 5.91 Å². The Hall–Kier alpha value is -3.20. The van der Waals surface area contributed by atoms with Crippen LogP contribution in [0.3, 0.4) is 0 Å². The first-order chi connectivity index (χ1) is 13.8. The maximum absolute atomic E-state index is 12.4. The van der Waals surface area contributed by atoms with Crippen molar-refractivity contribution in [3.05, 3.63) is 58.7 Å². The molecular weight excluding hydrogens is 400 g/mol. The molecule has 0 radical (unpaired) electrons. The second kappa shape index (κ2) is 10.4. The molecule has 0 spiro atoms. The number of pyridine rings is 1. The summed E-state index contributed by atoms with van der Waals surface area (Å²) in [5.41, 5.74) is 2.18. The number of carbonyl (C=O) groups is 3. The molecule has 1 fully saturated rings. The van der Waals surface area contributed by atoms with E-state index < -0.39 is 11.9 Å². The van der Waals surface area contributed by atoms with Gasteiger partial charge in [-0.1, -0.05) is 17.7 Å². The Morgan fingerprint density at radius 2 is 1.90 bits per heavy atom. The first-order valence-corrected chi connectivity index (χ1v) is 9.20. The Labute approximate surface area is 172 Å². The summed E-state index contributed by atoms with van der Waals surface area (Å²) in [5, 5.41) is 23.1. The maximum Gasteiger partial charge on any atom is 0.328 e. The minimum atomic E-state index is -1.26. The Bertz CT molecular complexity index is 877. The van der Waals surface area contributed by atoms with Crippen LogP contribution in [0.1, 0.15) is 40.6 Å². The van der Waals surface area contributed by atoms with Crippen LogP contribution in [-0.2, 0) is 16.0 Å². The zero-order valence-electron chi connectivity index (χ0n) is 15.7. The topological polar surface area (TPSA) is 136 Å². The van der Waals surface area contributed by atoms with Gasteiger partial charge in [0.2, 0.25) is 0 Å². The SMILES string of the molecule is CN(CCc1ccccn1)C(=O)c1n[nH]c(C2CC2)c1Cl.O=C(O)/C=C/C(=O)O. The van der Waals surface area contributed by atoms with Gasteiger partial charge in [0.1, 0.15) is 0 Å². The van der Waals surface area contributed by atoms with Crippen LogP contribution in [0, 0.1) is 0 Å². The molecule has 2 aromatic rings. The summed E-state index contributed by atoms with van der Waals surface area (Å²) in [6, 6.07) is 5.77. The van der Waals surface area contributed by atoms with Gasteiger partial charge in [-0.15, -0.1) is 0 Å². The van der Waals surface area contributed by atoms with Crippen LogP contribution >= 0.6 is 11.6 Å². The smallest absolute Gasteiger partial charge is 0.328 e. The van der Waals surface area contributed by atoms with Crippen molar-refractivity contribution in [1.29, 1.82) is 0 Å². The van der Waals surface area contributed by atoms with Crippen LogP contribution in [0.5, 0.6) is 0 Å². The number of amides is 1. The number of halogens is 1. The van der Waals surface area contributed by atoms with Crippen molar-refractivity contribution in [2.75, 3.05) is 13.6 Å². The summed E-state index contributed by atoms with van der Waals surface area (Å²) in [5.74, 6) is -2.22. The van der Waals surface area contributed by atoms with Gasteiger partial charge in [-0.05, 0) is 25.0 Å². The molecule has 2 aromatic heterocycles. The molecule has 29 heavy (non-hydrogen) atoms. The molecule has 1 saturated carbocycles. The lowest BCUT2D eigenvalue weighted by Crippen LogP contribution is -2.29. The quantitative estimate of drug-likeness (QED) is 0.584. The predicted molar refractivity (Wildman–Crippen MR) is 105 cm³/mol. The fourth-order valence-corrected chi connectivity index (χ4v) is 2.70. The average molecular weight is 421 g/mol. The Balaban J connectivity index is 0.000000321. The number of hydrogen-bond acceptors (Lipinski definition) is 5. The molecule has 2 heterocycles. The summed E-state index contributed by atoms with van der Waals surface area (Å²) in [6.07, 6.45) is 5.81. The molecule has 0 unspecified atom stereocenters. The van der Waals surface area contributed by atoms with E-state index in [1.165, 1.54) is 0 Å². The molecule has 0 saturated heterocycles. The van der Waals surface area contributed by atoms with Gasteiger partial charge in [0.05, 0.1) is 10.7 Å². The lowest BCUT2D eigenvalue weighted by atomic mass is 10.2. The average Bonchev–Trinajstić information content (AvgIpc) is 3.47. The van der Waals surface area contributed by atoms with Crippen LogP contribution < -0.4 is 0 Å². The highest BCUT2D eigenvalue weighted by atomic mass is 35.5. The molecule has 3 rings (SSSR count). The van der Waals surface area contributed by atoms with Crippen LogP contribution in [0.15, 0.2) is 36.5 Å². The van der Waals surface area contributed by atoms with Crippen LogP contribution in [0.2, 0.25) is 5.02 Å². The molecule has 1 aliphatic carbocycles. The van der Waals surface area contributed by atoms with Gasteiger partial charge < -0.3 is 15.1 Å². The molecule has 9 nitrogen and oxygen atoms in total. The predicted octanol–water partition coefficient (Wildman–Crippen LogP) is 2.36. The van der Waals surface area contributed by atoms with E-state index in [1.54, 1.807) is 18.1 Å². The summed E-state index contributed by atoms with van der Waals surface area (Å²) in [4.78, 5) is 37.4. The number of likely N-dealkylation sites (N-methyl/N-ethyl adjacent to an activating group) is 1. The van der Waals surface area contributed by atoms with E-state index in [9.17, 15) is 14.4 Å². The van der Waals surface area contributed by atoms with Crippen molar-refractivity contribution in [1.82, 2.24) is 20.1 Å². The summed E-state index contributed by atoms with van der Waals surface area (Å²) < 4.78 is 0.